The number of aromatic nitrogens is 1. The number of methoxy groups -OCH3 is 1. The molecule has 0 bridgehead atoms. The number of nitrogens with zero attached hydrogens (tertiary/aromatic N) is 2. The van der Waals surface area contributed by atoms with Crippen LogP contribution < -0.4 is 21.0 Å². The van der Waals surface area contributed by atoms with Crippen LogP contribution in [0.15, 0.2) is 88.1 Å². The van der Waals surface area contributed by atoms with Gasteiger partial charge in [0, 0.05) is 23.1 Å². The van der Waals surface area contributed by atoms with Crippen LogP contribution in [0.25, 0.3) is 33.4 Å². The lowest BCUT2D eigenvalue weighted by Crippen LogP contribution is -2.39. The number of para-hydroxylation sites is 1. The summed E-state index contributed by atoms with van der Waals surface area (Å²) in [6.07, 6.45) is -0.751. The van der Waals surface area contributed by atoms with Gasteiger partial charge in [-0.1, -0.05) is 24.3 Å². The van der Waals surface area contributed by atoms with Crippen LogP contribution in [0.3, 0.4) is 0 Å². The number of nitrogens with one attached hydrogen (secondary N) is 2. The highest BCUT2D eigenvalue weighted by Crippen LogP contribution is 2.39. The molecule has 6 rings (SSSR count). The summed E-state index contributed by atoms with van der Waals surface area (Å²) in [5, 5.41) is 27.9. The minimum Gasteiger partial charge on any atom is -0.504 e. The van der Waals surface area contributed by atoms with Gasteiger partial charge in [0.25, 0.3) is 11.6 Å². The Bertz CT molecular complexity index is 1880. The molecule has 0 saturated heterocycles. The van der Waals surface area contributed by atoms with Crippen LogP contribution in [0.5, 0.6) is 11.5 Å². The predicted octanol–water partition coefficient (Wildman–Crippen LogP) is 5.00. The van der Waals surface area contributed by atoms with Gasteiger partial charge in [0.1, 0.15) is 17.6 Å². The van der Waals surface area contributed by atoms with Crippen molar-refractivity contribution in [2.75, 3.05) is 12.4 Å². The van der Waals surface area contributed by atoms with Gasteiger partial charge in [-0.05, 0) is 53.6 Å². The number of fused-ring (bicyclic) bond motifs is 2. The number of amides is 1. The molecule has 1 amide bonds. The summed E-state index contributed by atoms with van der Waals surface area (Å²) in [5.41, 5.74) is 1.91. The molecular weight excluding hydrogens is 516 g/mol. The molecule has 11 nitrogen and oxygen atoms in total. The number of carbonyl (C=O) groups excluding carboxylic acids is 1. The first-order valence-corrected chi connectivity index (χ1v) is 12.1. The summed E-state index contributed by atoms with van der Waals surface area (Å²) in [6, 6.07) is 20.8. The van der Waals surface area contributed by atoms with Crippen molar-refractivity contribution < 1.29 is 24.0 Å². The third-order valence-corrected chi connectivity index (χ3v) is 6.65. The van der Waals surface area contributed by atoms with Crippen molar-refractivity contribution in [1.29, 1.82) is 0 Å². The number of aromatic hydroxyl groups is 1. The van der Waals surface area contributed by atoms with Gasteiger partial charge < -0.3 is 24.9 Å². The zero-order valence-corrected chi connectivity index (χ0v) is 20.9. The minimum absolute atomic E-state index is 0.0783. The lowest BCUT2D eigenvalue weighted by molar-refractivity contribution is -0.384. The maximum Gasteiger partial charge on any atom is 0.345 e. The van der Waals surface area contributed by atoms with Gasteiger partial charge in [0.05, 0.1) is 28.9 Å². The first-order valence-electron chi connectivity index (χ1n) is 12.1. The quantitative estimate of drug-likeness (QED) is 0.160. The number of non-ortho nitro benzene ring substituents is 1. The van der Waals surface area contributed by atoms with Gasteiger partial charge in [-0.3, -0.25) is 14.9 Å². The molecule has 11 heteroatoms. The minimum atomic E-state index is -0.751. The average Bonchev–Trinajstić information content (AvgIpc) is 2.96. The fourth-order valence-electron chi connectivity index (χ4n) is 4.66. The van der Waals surface area contributed by atoms with Crippen LogP contribution in [0.1, 0.15) is 22.1 Å². The molecule has 0 spiro atoms. The number of rotatable bonds is 5. The number of nitro benzene ring substituents is 1. The standard InChI is InChI=1S/C29H20N4O7/c1-39-24-13-16(8-11-22(24)34)19-14-21(20-12-17-4-2-3-5-23(17)40-29(20)36)30-27-25(19)28(35)32-26(31-27)15-6-9-18(10-7-15)33(37)38/h2-14,26,34H,1H3,(H,30,31)(H,32,35). The number of phenolic OH excluding ortho intramolecular Hbond substituents is 1. The highest BCUT2D eigenvalue weighted by atomic mass is 16.6. The monoisotopic (exact) mass is 536 g/mol. The molecule has 3 aromatic carbocycles. The third-order valence-electron chi connectivity index (χ3n) is 6.65. The topological polar surface area (TPSA) is 157 Å². The molecule has 198 valence electrons. The molecule has 0 fully saturated rings. The van der Waals surface area contributed by atoms with E-state index in [9.17, 15) is 24.8 Å². The normalized spacial score (nSPS) is 14.2. The van der Waals surface area contributed by atoms with Gasteiger partial charge in [0.15, 0.2) is 11.5 Å². The molecule has 1 atom stereocenters. The highest BCUT2D eigenvalue weighted by molar-refractivity contribution is 6.07. The maximum atomic E-state index is 13.5. The second kappa shape index (κ2) is 9.55. The molecule has 0 saturated carbocycles. The Kier molecular flexibility index (Phi) is 5.88. The Balaban J connectivity index is 1.54. The maximum absolute atomic E-state index is 13.5. The largest absolute Gasteiger partial charge is 0.504 e. The number of benzene rings is 3. The van der Waals surface area contributed by atoms with Crippen molar-refractivity contribution in [1.82, 2.24) is 10.3 Å². The van der Waals surface area contributed by atoms with Crippen molar-refractivity contribution in [2.24, 2.45) is 0 Å². The zero-order chi connectivity index (χ0) is 28.0. The van der Waals surface area contributed by atoms with E-state index in [1.807, 2.05) is 12.1 Å². The summed E-state index contributed by atoms with van der Waals surface area (Å²) in [6.45, 7) is 0. The second-order valence-corrected chi connectivity index (χ2v) is 9.05. The zero-order valence-electron chi connectivity index (χ0n) is 20.9. The van der Waals surface area contributed by atoms with Gasteiger partial charge in [-0.15, -0.1) is 0 Å². The summed E-state index contributed by atoms with van der Waals surface area (Å²) >= 11 is 0. The van der Waals surface area contributed by atoms with Gasteiger partial charge in [-0.25, -0.2) is 9.78 Å². The van der Waals surface area contributed by atoms with Crippen molar-refractivity contribution in [3.63, 3.8) is 0 Å². The first kappa shape index (κ1) is 24.6. The third kappa shape index (κ3) is 4.25. The molecular formula is C29H20N4O7. The Labute approximate surface area is 225 Å². The molecule has 1 unspecified atom stereocenters. The fourth-order valence-corrected chi connectivity index (χ4v) is 4.66. The summed E-state index contributed by atoms with van der Waals surface area (Å²) in [4.78, 5) is 41.7. The molecule has 0 aliphatic carbocycles. The molecule has 3 heterocycles. The van der Waals surface area contributed by atoms with Gasteiger partial charge in [-0.2, -0.15) is 0 Å². The number of pyridine rings is 1. The molecule has 5 aromatic rings. The molecule has 1 aliphatic rings. The number of phenols is 1. The van der Waals surface area contributed by atoms with E-state index >= 15 is 0 Å². The van der Waals surface area contributed by atoms with Crippen molar-refractivity contribution in [3.05, 3.63) is 111 Å². The Morgan fingerprint density at radius 3 is 2.50 bits per heavy atom. The summed E-state index contributed by atoms with van der Waals surface area (Å²) < 4.78 is 10.8. The number of nitro groups is 1. The lowest BCUT2D eigenvalue weighted by Gasteiger charge is -2.29. The first-order chi connectivity index (χ1) is 19.3. The molecule has 0 radical (unpaired) electrons. The number of carbonyl (C=O) groups is 1. The van der Waals surface area contributed by atoms with E-state index in [0.717, 1.165) is 0 Å². The van der Waals surface area contributed by atoms with Crippen molar-refractivity contribution in [2.45, 2.75) is 6.17 Å². The van der Waals surface area contributed by atoms with E-state index in [4.69, 9.17) is 9.15 Å². The van der Waals surface area contributed by atoms with Crippen LogP contribution in [-0.2, 0) is 0 Å². The van der Waals surface area contributed by atoms with Crippen LogP contribution in [0.2, 0.25) is 0 Å². The molecule has 1 aliphatic heterocycles. The van der Waals surface area contributed by atoms with E-state index in [2.05, 4.69) is 15.6 Å². The van der Waals surface area contributed by atoms with Crippen LogP contribution in [0, 0.1) is 10.1 Å². The Morgan fingerprint density at radius 2 is 1.75 bits per heavy atom. The van der Waals surface area contributed by atoms with E-state index in [1.165, 1.54) is 37.4 Å². The highest BCUT2D eigenvalue weighted by Gasteiger charge is 2.31. The van der Waals surface area contributed by atoms with E-state index in [-0.39, 0.29) is 39.8 Å². The number of ether oxygens (including phenoxy) is 1. The number of anilines is 1. The second-order valence-electron chi connectivity index (χ2n) is 9.05. The predicted molar refractivity (Wildman–Crippen MR) is 146 cm³/mol. The van der Waals surface area contributed by atoms with Gasteiger partial charge in [0.2, 0.25) is 0 Å². The van der Waals surface area contributed by atoms with E-state index in [1.54, 1.807) is 36.4 Å². The van der Waals surface area contributed by atoms with Crippen molar-refractivity contribution >= 4 is 28.4 Å². The van der Waals surface area contributed by atoms with E-state index in [0.29, 0.717) is 27.7 Å². The SMILES string of the molecule is COc1cc(-c2cc(-c3cc4ccccc4oc3=O)nc3c2C(=O)NC(c2ccc([N+](=O)[O-])cc2)N3)ccc1O. The Morgan fingerprint density at radius 1 is 0.975 bits per heavy atom. The van der Waals surface area contributed by atoms with Crippen LogP contribution >= 0.6 is 0 Å². The van der Waals surface area contributed by atoms with Gasteiger partial charge >= 0.3 is 5.63 Å². The van der Waals surface area contributed by atoms with Crippen LogP contribution in [-0.4, -0.2) is 28.0 Å². The number of hydrogen-bond donors (Lipinski definition) is 3. The average molecular weight is 537 g/mol. The lowest BCUT2D eigenvalue weighted by atomic mass is 9.95. The smallest absolute Gasteiger partial charge is 0.345 e. The Hall–Kier alpha value is -5.71. The fraction of sp³-hybridized carbons (Fsp3) is 0.0690. The summed E-state index contributed by atoms with van der Waals surface area (Å²) in [5.74, 6) is -0.143. The molecule has 3 N–H and O–H groups in total. The van der Waals surface area contributed by atoms with Crippen molar-refractivity contribution in [3.8, 4) is 33.9 Å². The molecule has 2 aromatic heterocycles. The molecule has 40 heavy (non-hydrogen) atoms. The number of hydrogen-bond acceptors (Lipinski definition) is 9. The summed E-state index contributed by atoms with van der Waals surface area (Å²) in [7, 11) is 1.41. The van der Waals surface area contributed by atoms with E-state index < -0.39 is 22.6 Å². The van der Waals surface area contributed by atoms with Crippen LogP contribution in [0.4, 0.5) is 11.5 Å².